The summed E-state index contributed by atoms with van der Waals surface area (Å²) < 4.78 is 16.0. The van der Waals surface area contributed by atoms with E-state index in [-0.39, 0.29) is 6.61 Å². The number of hydrogen-bond donors (Lipinski definition) is 1. The Hall–Kier alpha value is -1.07. The first-order valence-corrected chi connectivity index (χ1v) is 13.3. The van der Waals surface area contributed by atoms with Gasteiger partial charge in [0.2, 0.25) is 6.29 Å². The zero-order valence-electron chi connectivity index (χ0n) is 21.2. The molecule has 0 fully saturated rings. The predicted molar refractivity (Wildman–Crippen MR) is 133 cm³/mol. The molecule has 0 aromatic rings. The quantitative estimate of drug-likeness (QED) is 0.0688. The van der Waals surface area contributed by atoms with Gasteiger partial charge in [0.1, 0.15) is 0 Å². The van der Waals surface area contributed by atoms with Gasteiger partial charge in [-0.15, -0.1) is 0 Å². The second-order valence-corrected chi connectivity index (χ2v) is 9.00. The lowest BCUT2D eigenvalue weighted by atomic mass is 10.0. The number of ether oxygens (including phenoxy) is 3. The molecule has 0 amide bonds. The molecule has 0 spiro atoms. The van der Waals surface area contributed by atoms with Crippen LogP contribution in [0.15, 0.2) is 12.2 Å². The van der Waals surface area contributed by atoms with Crippen molar-refractivity contribution in [1.82, 2.24) is 0 Å². The van der Waals surface area contributed by atoms with Crippen molar-refractivity contribution in [2.75, 3.05) is 19.8 Å². The normalized spacial score (nSPS) is 12.0. The van der Waals surface area contributed by atoms with Crippen molar-refractivity contribution in [2.24, 2.45) is 0 Å². The lowest BCUT2D eigenvalue weighted by Crippen LogP contribution is -2.23. The molecule has 0 rings (SSSR count). The zero-order chi connectivity index (χ0) is 23.7. The van der Waals surface area contributed by atoms with Crippen molar-refractivity contribution in [2.45, 2.75) is 136 Å². The van der Waals surface area contributed by atoms with Gasteiger partial charge in [-0.25, -0.2) is 4.79 Å². The summed E-state index contributed by atoms with van der Waals surface area (Å²) in [6.45, 7) is 8.98. The fraction of sp³-hybridized carbons (Fsp3) is 0.889. The van der Waals surface area contributed by atoms with Gasteiger partial charge in [-0.2, -0.15) is 0 Å². The molecule has 0 aliphatic heterocycles. The molecule has 0 aromatic heterocycles. The number of aliphatic hydroxyl groups is 1. The SMILES string of the molecule is C=C(C)C(OCCCCCCO)OC(=O)OCCCCCCCCCCCCCCCC. The molecule has 1 atom stereocenters. The van der Waals surface area contributed by atoms with Gasteiger partial charge >= 0.3 is 6.16 Å². The number of rotatable bonds is 24. The summed E-state index contributed by atoms with van der Waals surface area (Å²) in [6, 6.07) is 0. The lowest BCUT2D eigenvalue weighted by molar-refractivity contribution is -0.101. The van der Waals surface area contributed by atoms with Crippen LogP contribution < -0.4 is 0 Å². The average molecular weight is 457 g/mol. The van der Waals surface area contributed by atoms with Crippen molar-refractivity contribution < 1.29 is 24.1 Å². The molecule has 190 valence electrons. The summed E-state index contributed by atoms with van der Waals surface area (Å²) in [6.07, 6.45) is 20.4. The fourth-order valence-corrected chi connectivity index (χ4v) is 3.61. The van der Waals surface area contributed by atoms with Crippen LogP contribution in [0.1, 0.15) is 129 Å². The van der Waals surface area contributed by atoms with Crippen LogP contribution in [-0.4, -0.2) is 37.4 Å². The van der Waals surface area contributed by atoms with E-state index in [1.807, 2.05) is 0 Å². The Kier molecular flexibility index (Phi) is 23.7. The largest absolute Gasteiger partial charge is 0.510 e. The summed E-state index contributed by atoms with van der Waals surface area (Å²) >= 11 is 0. The van der Waals surface area contributed by atoms with Crippen molar-refractivity contribution in [3.05, 3.63) is 12.2 Å². The molecule has 0 aromatic carbocycles. The first-order chi connectivity index (χ1) is 15.6. The number of unbranched alkanes of at least 4 members (excludes halogenated alkanes) is 16. The topological polar surface area (TPSA) is 65.0 Å². The van der Waals surface area contributed by atoms with Gasteiger partial charge in [0.05, 0.1) is 13.2 Å². The van der Waals surface area contributed by atoms with Crippen LogP contribution in [0.2, 0.25) is 0 Å². The number of aliphatic hydroxyl groups excluding tert-OH is 1. The van der Waals surface area contributed by atoms with E-state index in [2.05, 4.69) is 13.5 Å². The number of hydrogen-bond acceptors (Lipinski definition) is 5. The molecule has 1 unspecified atom stereocenters. The first kappa shape index (κ1) is 30.9. The van der Waals surface area contributed by atoms with Crippen molar-refractivity contribution in [1.29, 1.82) is 0 Å². The molecule has 0 heterocycles. The number of carbonyl (C=O) groups is 1. The second-order valence-electron chi connectivity index (χ2n) is 9.00. The van der Waals surface area contributed by atoms with Gasteiger partial charge < -0.3 is 19.3 Å². The molecule has 0 bridgehead atoms. The van der Waals surface area contributed by atoms with E-state index in [0.29, 0.717) is 18.8 Å². The van der Waals surface area contributed by atoms with Crippen LogP contribution in [0.4, 0.5) is 4.79 Å². The van der Waals surface area contributed by atoms with E-state index >= 15 is 0 Å². The highest BCUT2D eigenvalue weighted by atomic mass is 16.8. The summed E-state index contributed by atoms with van der Waals surface area (Å²) in [5.74, 6) is 0. The third kappa shape index (κ3) is 22.1. The Bertz CT molecular complexity index is 424. The maximum Gasteiger partial charge on any atom is 0.510 e. The third-order valence-corrected chi connectivity index (χ3v) is 5.65. The molecule has 5 nitrogen and oxygen atoms in total. The maximum atomic E-state index is 11.9. The molecule has 0 saturated heterocycles. The van der Waals surface area contributed by atoms with Crippen molar-refractivity contribution in [3.8, 4) is 0 Å². The third-order valence-electron chi connectivity index (χ3n) is 5.65. The highest BCUT2D eigenvalue weighted by Gasteiger charge is 2.16. The van der Waals surface area contributed by atoms with Crippen LogP contribution in [0.25, 0.3) is 0 Å². The van der Waals surface area contributed by atoms with E-state index in [9.17, 15) is 4.79 Å². The lowest BCUT2D eigenvalue weighted by Gasteiger charge is -2.18. The van der Waals surface area contributed by atoms with Crippen LogP contribution in [0, 0.1) is 0 Å². The van der Waals surface area contributed by atoms with Crippen LogP contribution in [0.5, 0.6) is 0 Å². The minimum absolute atomic E-state index is 0.226. The van der Waals surface area contributed by atoms with Gasteiger partial charge in [-0.1, -0.05) is 110 Å². The molecule has 0 radical (unpaired) electrons. The maximum absolute atomic E-state index is 11.9. The molecular weight excluding hydrogens is 404 g/mol. The van der Waals surface area contributed by atoms with Gasteiger partial charge in [0.15, 0.2) is 0 Å². The van der Waals surface area contributed by atoms with Crippen LogP contribution >= 0.6 is 0 Å². The van der Waals surface area contributed by atoms with E-state index < -0.39 is 12.4 Å². The Morgan fingerprint density at radius 2 is 1.16 bits per heavy atom. The standard InChI is InChI=1S/C27H52O5/c1-4-5-6-7-8-9-10-11-12-13-14-15-17-21-24-31-27(29)32-26(25(2)3)30-23-20-18-16-19-22-28/h26,28H,2,4-24H2,1,3H3. The van der Waals surface area contributed by atoms with Gasteiger partial charge in [-0.3, -0.25) is 0 Å². The summed E-state index contributed by atoms with van der Waals surface area (Å²) in [4.78, 5) is 11.9. The highest BCUT2D eigenvalue weighted by Crippen LogP contribution is 2.13. The van der Waals surface area contributed by atoms with Gasteiger partial charge in [0.25, 0.3) is 0 Å². The molecule has 32 heavy (non-hydrogen) atoms. The Balaban J connectivity index is 3.50. The van der Waals surface area contributed by atoms with Crippen molar-refractivity contribution in [3.63, 3.8) is 0 Å². The molecular formula is C27H52O5. The summed E-state index contributed by atoms with van der Waals surface area (Å²) in [7, 11) is 0. The Morgan fingerprint density at radius 1 is 0.719 bits per heavy atom. The monoisotopic (exact) mass is 456 g/mol. The van der Waals surface area contributed by atoms with Crippen molar-refractivity contribution >= 4 is 6.16 Å². The number of carbonyl (C=O) groups excluding carboxylic acids is 1. The van der Waals surface area contributed by atoms with Gasteiger partial charge in [-0.05, 0) is 31.8 Å². The molecule has 0 aliphatic carbocycles. The fourth-order valence-electron chi connectivity index (χ4n) is 3.61. The molecule has 5 heteroatoms. The smallest absolute Gasteiger partial charge is 0.434 e. The van der Waals surface area contributed by atoms with E-state index in [0.717, 1.165) is 38.5 Å². The Morgan fingerprint density at radius 3 is 1.62 bits per heavy atom. The summed E-state index contributed by atoms with van der Waals surface area (Å²) in [5.41, 5.74) is 0.647. The average Bonchev–Trinajstić information content (AvgIpc) is 2.77. The molecule has 0 saturated carbocycles. The van der Waals surface area contributed by atoms with Crippen LogP contribution in [0.3, 0.4) is 0 Å². The predicted octanol–water partition coefficient (Wildman–Crippen LogP) is 8.09. The van der Waals surface area contributed by atoms with E-state index in [1.165, 1.54) is 77.0 Å². The van der Waals surface area contributed by atoms with Crippen LogP contribution in [-0.2, 0) is 14.2 Å². The zero-order valence-corrected chi connectivity index (χ0v) is 21.2. The Labute approximate surface area is 198 Å². The van der Waals surface area contributed by atoms with E-state index in [4.69, 9.17) is 19.3 Å². The van der Waals surface area contributed by atoms with Gasteiger partial charge in [0, 0.05) is 6.61 Å². The summed E-state index contributed by atoms with van der Waals surface area (Å²) in [5, 5.41) is 8.77. The molecule has 1 N–H and O–H groups in total. The highest BCUT2D eigenvalue weighted by molar-refractivity contribution is 5.60. The van der Waals surface area contributed by atoms with E-state index in [1.54, 1.807) is 6.92 Å². The minimum atomic E-state index is -0.753. The minimum Gasteiger partial charge on any atom is -0.434 e. The second kappa shape index (κ2) is 24.6. The first-order valence-electron chi connectivity index (χ1n) is 13.3. The molecule has 0 aliphatic rings.